The lowest BCUT2D eigenvalue weighted by atomic mass is 9.89. The number of nitrogens with two attached hydrogens (primary N) is 1. The van der Waals surface area contributed by atoms with Crippen molar-refractivity contribution in [3.8, 4) is 0 Å². The van der Waals surface area contributed by atoms with E-state index >= 15 is 0 Å². The van der Waals surface area contributed by atoms with Crippen molar-refractivity contribution in [1.82, 2.24) is 9.55 Å². The van der Waals surface area contributed by atoms with Gasteiger partial charge in [-0.05, 0) is 12.8 Å². The van der Waals surface area contributed by atoms with Gasteiger partial charge in [-0.15, -0.1) is 0 Å². The first-order chi connectivity index (χ1) is 8.33. The van der Waals surface area contributed by atoms with Gasteiger partial charge in [-0.1, -0.05) is 0 Å². The lowest BCUT2D eigenvalue weighted by Crippen LogP contribution is -2.41. The minimum atomic E-state index is -0.0565. The van der Waals surface area contributed by atoms with E-state index in [1.165, 1.54) is 0 Å². The Morgan fingerprint density at radius 3 is 3.24 bits per heavy atom. The molecule has 5 nitrogen and oxygen atoms in total. The third-order valence-corrected chi connectivity index (χ3v) is 3.86. The lowest BCUT2D eigenvalue weighted by molar-refractivity contribution is -0.0951. The second-order valence-electron chi connectivity index (χ2n) is 4.94. The van der Waals surface area contributed by atoms with Crippen LogP contribution in [0.15, 0.2) is 12.4 Å². The Kier molecular flexibility index (Phi) is 2.90. The van der Waals surface area contributed by atoms with Crippen molar-refractivity contribution in [1.29, 1.82) is 0 Å². The smallest absolute Gasteiger partial charge is 0.122 e. The molecule has 5 heteroatoms. The van der Waals surface area contributed by atoms with E-state index in [0.29, 0.717) is 12.6 Å². The number of hydrogen-bond acceptors (Lipinski definition) is 4. The van der Waals surface area contributed by atoms with Crippen molar-refractivity contribution in [2.24, 2.45) is 5.73 Å². The summed E-state index contributed by atoms with van der Waals surface area (Å²) in [6.45, 7) is 2.85. The molecule has 2 atom stereocenters. The predicted octanol–water partition coefficient (Wildman–Crippen LogP) is 0.852. The molecule has 0 bridgehead atoms. The van der Waals surface area contributed by atoms with Crippen LogP contribution in [0.5, 0.6) is 0 Å². The van der Waals surface area contributed by atoms with Gasteiger partial charge in [0, 0.05) is 38.1 Å². The number of imidazole rings is 1. The molecule has 2 saturated heterocycles. The van der Waals surface area contributed by atoms with Crippen LogP contribution in [-0.4, -0.2) is 35.0 Å². The highest BCUT2D eigenvalue weighted by Crippen LogP contribution is 2.38. The van der Waals surface area contributed by atoms with E-state index in [1.807, 2.05) is 12.4 Å². The third kappa shape index (κ3) is 1.99. The van der Waals surface area contributed by atoms with Crippen molar-refractivity contribution in [3.05, 3.63) is 18.2 Å². The number of nitrogens with zero attached hydrogens (tertiary/aromatic N) is 2. The van der Waals surface area contributed by atoms with Crippen molar-refractivity contribution in [2.45, 2.75) is 37.5 Å². The fraction of sp³-hybridized carbons (Fsp3) is 0.750. The Morgan fingerprint density at radius 2 is 2.47 bits per heavy atom. The van der Waals surface area contributed by atoms with E-state index in [4.69, 9.17) is 15.2 Å². The molecular formula is C12H19N3O2. The summed E-state index contributed by atoms with van der Waals surface area (Å²) in [5, 5.41) is 0. The van der Waals surface area contributed by atoms with Gasteiger partial charge in [0.05, 0.1) is 18.8 Å². The SMILES string of the molecule is NCc1nccn1C1CCOC2(CCOC2)C1. The summed E-state index contributed by atoms with van der Waals surface area (Å²) >= 11 is 0. The highest BCUT2D eigenvalue weighted by Gasteiger charge is 2.41. The monoisotopic (exact) mass is 237 g/mol. The minimum absolute atomic E-state index is 0.0565. The third-order valence-electron chi connectivity index (χ3n) is 3.86. The molecule has 0 amide bonds. The molecule has 2 unspecified atom stereocenters. The van der Waals surface area contributed by atoms with E-state index in [0.717, 1.165) is 44.9 Å². The molecule has 3 rings (SSSR count). The predicted molar refractivity (Wildman–Crippen MR) is 62.5 cm³/mol. The lowest BCUT2D eigenvalue weighted by Gasteiger charge is -2.38. The summed E-state index contributed by atoms with van der Waals surface area (Å²) in [4.78, 5) is 4.29. The normalized spacial score (nSPS) is 33.4. The second kappa shape index (κ2) is 4.40. The summed E-state index contributed by atoms with van der Waals surface area (Å²) in [7, 11) is 0. The first-order valence-electron chi connectivity index (χ1n) is 6.26. The van der Waals surface area contributed by atoms with E-state index in [1.54, 1.807) is 0 Å². The summed E-state index contributed by atoms with van der Waals surface area (Å²) in [5.74, 6) is 0.964. The maximum Gasteiger partial charge on any atom is 0.122 e. The van der Waals surface area contributed by atoms with Gasteiger partial charge < -0.3 is 19.8 Å². The zero-order chi connectivity index (χ0) is 11.7. The zero-order valence-electron chi connectivity index (χ0n) is 9.97. The van der Waals surface area contributed by atoms with Gasteiger partial charge in [0.1, 0.15) is 5.82 Å². The number of hydrogen-bond donors (Lipinski definition) is 1. The summed E-state index contributed by atoms with van der Waals surface area (Å²) in [6.07, 6.45) is 6.91. The van der Waals surface area contributed by atoms with Crippen LogP contribution < -0.4 is 5.73 Å². The fourth-order valence-corrected chi connectivity index (χ4v) is 2.94. The Hall–Kier alpha value is -0.910. The molecule has 17 heavy (non-hydrogen) atoms. The van der Waals surface area contributed by atoms with Crippen molar-refractivity contribution < 1.29 is 9.47 Å². The number of aromatic nitrogens is 2. The first-order valence-corrected chi connectivity index (χ1v) is 6.26. The average Bonchev–Trinajstić information content (AvgIpc) is 2.98. The van der Waals surface area contributed by atoms with Crippen LogP contribution >= 0.6 is 0 Å². The van der Waals surface area contributed by atoms with Crippen LogP contribution in [0, 0.1) is 0 Å². The maximum absolute atomic E-state index is 5.94. The molecule has 0 radical (unpaired) electrons. The van der Waals surface area contributed by atoms with E-state index in [9.17, 15) is 0 Å². The van der Waals surface area contributed by atoms with Crippen LogP contribution in [0.25, 0.3) is 0 Å². The molecule has 1 aromatic rings. The molecule has 1 spiro atoms. The van der Waals surface area contributed by atoms with Crippen LogP contribution in [0.2, 0.25) is 0 Å². The van der Waals surface area contributed by atoms with E-state index in [2.05, 4.69) is 9.55 Å². The van der Waals surface area contributed by atoms with Gasteiger partial charge in [0.15, 0.2) is 0 Å². The highest BCUT2D eigenvalue weighted by molar-refractivity contribution is 4.99. The minimum Gasteiger partial charge on any atom is -0.378 e. The van der Waals surface area contributed by atoms with Crippen LogP contribution in [0.3, 0.4) is 0 Å². The van der Waals surface area contributed by atoms with Gasteiger partial charge in [-0.2, -0.15) is 0 Å². The van der Waals surface area contributed by atoms with Crippen LogP contribution in [0.1, 0.15) is 31.1 Å². The first kappa shape index (κ1) is 11.2. The zero-order valence-corrected chi connectivity index (χ0v) is 9.97. The van der Waals surface area contributed by atoms with E-state index < -0.39 is 0 Å². The van der Waals surface area contributed by atoms with Gasteiger partial charge in [0.2, 0.25) is 0 Å². The highest BCUT2D eigenvalue weighted by atomic mass is 16.6. The Bertz CT molecular complexity index is 385. The van der Waals surface area contributed by atoms with Gasteiger partial charge in [-0.25, -0.2) is 4.98 Å². The molecule has 1 aromatic heterocycles. The molecule has 2 fully saturated rings. The molecule has 94 valence electrons. The van der Waals surface area contributed by atoms with Crippen LogP contribution in [-0.2, 0) is 16.0 Å². The molecule has 2 N–H and O–H groups in total. The van der Waals surface area contributed by atoms with Crippen molar-refractivity contribution in [3.63, 3.8) is 0 Å². The summed E-state index contributed by atoms with van der Waals surface area (Å²) in [5.41, 5.74) is 5.65. The van der Waals surface area contributed by atoms with Gasteiger partial charge >= 0.3 is 0 Å². The molecule has 2 aliphatic rings. The largest absolute Gasteiger partial charge is 0.378 e. The quantitative estimate of drug-likeness (QED) is 0.828. The van der Waals surface area contributed by atoms with E-state index in [-0.39, 0.29) is 5.60 Å². The number of rotatable bonds is 2. The topological polar surface area (TPSA) is 62.3 Å². The maximum atomic E-state index is 5.94. The second-order valence-corrected chi connectivity index (χ2v) is 4.94. The summed E-state index contributed by atoms with van der Waals surface area (Å²) < 4.78 is 13.6. The Morgan fingerprint density at radius 1 is 1.53 bits per heavy atom. The van der Waals surface area contributed by atoms with Crippen molar-refractivity contribution in [2.75, 3.05) is 19.8 Å². The molecule has 0 aliphatic carbocycles. The van der Waals surface area contributed by atoms with Gasteiger partial charge in [-0.3, -0.25) is 0 Å². The Labute approximate surface area is 101 Å². The Balaban J connectivity index is 1.79. The van der Waals surface area contributed by atoms with Crippen molar-refractivity contribution >= 4 is 0 Å². The number of ether oxygens (including phenoxy) is 2. The summed E-state index contributed by atoms with van der Waals surface area (Å²) in [6, 6.07) is 0.450. The standard InChI is InChI=1S/C12H19N3O2/c13-8-11-14-3-4-15(11)10-1-5-17-12(7-10)2-6-16-9-12/h3-4,10H,1-2,5-9,13H2. The molecular weight excluding hydrogens is 218 g/mol. The molecule has 2 aliphatic heterocycles. The average molecular weight is 237 g/mol. The fourth-order valence-electron chi connectivity index (χ4n) is 2.94. The molecule has 0 aromatic carbocycles. The van der Waals surface area contributed by atoms with Gasteiger partial charge in [0.25, 0.3) is 0 Å². The van der Waals surface area contributed by atoms with Crippen LogP contribution in [0.4, 0.5) is 0 Å². The molecule has 0 saturated carbocycles. The molecule has 3 heterocycles.